The Hall–Kier alpha value is -0.410. The standard InChI is InChI=1S/C13H24N2S/c1-4-6-7-8-11(3)14-10-13-15-9-12(5-2)16-13/h9,11,14H,4-8,10H2,1-3H3. The van der Waals surface area contributed by atoms with E-state index in [1.807, 2.05) is 17.5 Å². The highest BCUT2D eigenvalue weighted by molar-refractivity contribution is 7.11. The van der Waals surface area contributed by atoms with Gasteiger partial charge in [0.25, 0.3) is 0 Å². The fourth-order valence-electron chi connectivity index (χ4n) is 1.66. The fraction of sp³-hybridized carbons (Fsp3) is 0.769. The Morgan fingerprint density at radius 1 is 1.38 bits per heavy atom. The number of thiazole rings is 1. The Morgan fingerprint density at radius 2 is 2.19 bits per heavy atom. The monoisotopic (exact) mass is 240 g/mol. The maximum atomic E-state index is 4.41. The molecule has 0 aliphatic carbocycles. The molecule has 0 fully saturated rings. The first kappa shape index (κ1) is 13.7. The highest BCUT2D eigenvalue weighted by Gasteiger charge is 2.04. The minimum Gasteiger partial charge on any atom is -0.308 e. The summed E-state index contributed by atoms with van der Waals surface area (Å²) in [5.41, 5.74) is 0. The average molecular weight is 240 g/mol. The number of hydrogen-bond acceptors (Lipinski definition) is 3. The van der Waals surface area contributed by atoms with Crippen LogP contribution in [0, 0.1) is 0 Å². The van der Waals surface area contributed by atoms with Crippen LogP contribution in [0.15, 0.2) is 6.20 Å². The van der Waals surface area contributed by atoms with Crippen LogP contribution in [0.5, 0.6) is 0 Å². The van der Waals surface area contributed by atoms with Crippen LogP contribution in [-0.2, 0) is 13.0 Å². The zero-order chi connectivity index (χ0) is 11.8. The van der Waals surface area contributed by atoms with Gasteiger partial charge in [0.15, 0.2) is 0 Å². The van der Waals surface area contributed by atoms with Gasteiger partial charge in [0.05, 0.1) is 0 Å². The molecule has 0 radical (unpaired) electrons. The third-order valence-corrected chi connectivity index (χ3v) is 3.93. The summed E-state index contributed by atoms with van der Waals surface area (Å²) >= 11 is 1.83. The van der Waals surface area contributed by atoms with Crippen LogP contribution in [0.4, 0.5) is 0 Å². The van der Waals surface area contributed by atoms with Gasteiger partial charge in [-0.15, -0.1) is 11.3 Å². The summed E-state index contributed by atoms with van der Waals surface area (Å²) in [4.78, 5) is 5.80. The van der Waals surface area contributed by atoms with Crippen molar-refractivity contribution >= 4 is 11.3 Å². The molecule has 0 aliphatic heterocycles. The summed E-state index contributed by atoms with van der Waals surface area (Å²) in [5, 5.41) is 4.76. The molecule has 3 heteroatoms. The molecule has 16 heavy (non-hydrogen) atoms. The number of aromatic nitrogens is 1. The second-order valence-electron chi connectivity index (χ2n) is 4.35. The maximum absolute atomic E-state index is 4.41. The number of nitrogens with one attached hydrogen (secondary N) is 1. The molecule has 1 aromatic heterocycles. The molecule has 1 aromatic rings. The van der Waals surface area contributed by atoms with Crippen LogP contribution in [0.3, 0.4) is 0 Å². The zero-order valence-corrected chi connectivity index (χ0v) is 11.6. The van der Waals surface area contributed by atoms with Crippen molar-refractivity contribution in [2.45, 2.75) is 65.5 Å². The van der Waals surface area contributed by atoms with Crippen LogP contribution in [0.25, 0.3) is 0 Å². The van der Waals surface area contributed by atoms with Crippen molar-refractivity contribution in [2.75, 3.05) is 0 Å². The lowest BCUT2D eigenvalue weighted by atomic mass is 10.1. The molecule has 1 unspecified atom stereocenters. The van der Waals surface area contributed by atoms with E-state index in [0.29, 0.717) is 6.04 Å². The van der Waals surface area contributed by atoms with E-state index < -0.39 is 0 Å². The van der Waals surface area contributed by atoms with E-state index in [0.717, 1.165) is 13.0 Å². The SMILES string of the molecule is CCCCCC(C)NCc1ncc(CC)s1. The van der Waals surface area contributed by atoms with E-state index in [1.54, 1.807) is 0 Å². The van der Waals surface area contributed by atoms with Gasteiger partial charge in [0.1, 0.15) is 5.01 Å². The van der Waals surface area contributed by atoms with Gasteiger partial charge < -0.3 is 5.32 Å². The maximum Gasteiger partial charge on any atom is 0.107 e. The summed E-state index contributed by atoms with van der Waals surface area (Å²) in [5.74, 6) is 0. The summed E-state index contributed by atoms with van der Waals surface area (Å²) in [6.07, 6.45) is 8.37. The third-order valence-electron chi connectivity index (χ3n) is 2.79. The molecule has 92 valence electrons. The molecule has 0 aliphatic rings. The first-order valence-corrected chi connectivity index (χ1v) is 7.24. The topological polar surface area (TPSA) is 24.9 Å². The van der Waals surface area contributed by atoms with Gasteiger partial charge in [0.2, 0.25) is 0 Å². The molecule has 1 N–H and O–H groups in total. The van der Waals surface area contributed by atoms with Crippen LogP contribution < -0.4 is 5.32 Å². The molecular weight excluding hydrogens is 216 g/mol. The van der Waals surface area contributed by atoms with Crippen LogP contribution in [-0.4, -0.2) is 11.0 Å². The van der Waals surface area contributed by atoms with Crippen molar-refractivity contribution < 1.29 is 0 Å². The molecule has 0 bridgehead atoms. The van der Waals surface area contributed by atoms with Crippen LogP contribution >= 0.6 is 11.3 Å². The summed E-state index contributed by atoms with van der Waals surface area (Å²) in [6.45, 7) is 7.62. The largest absolute Gasteiger partial charge is 0.308 e. The fourth-order valence-corrected chi connectivity index (χ4v) is 2.47. The van der Waals surface area contributed by atoms with Crippen LogP contribution in [0.1, 0.15) is 56.3 Å². The van der Waals surface area contributed by atoms with Gasteiger partial charge in [-0.25, -0.2) is 4.98 Å². The minimum atomic E-state index is 0.612. The van der Waals surface area contributed by atoms with E-state index in [2.05, 4.69) is 31.1 Å². The van der Waals surface area contributed by atoms with E-state index in [1.165, 1.54) is 35.6 Å². The third kappa shape index (κ3) is 5.08. The first-order chi connectivity index (χ1) is 7.76. The Morgan fingerprint density at radius 3 is 2.81 bits per heavy atom. The van der Waals surface area contributed by atoms with E-state index in [9.17, 15) is 0 Å². The Bertz CT molecular complexity index is 283. The van der Waals surface area contributed by atoms with E-state index in [4.69, 9.17) is 0 Å². The van der Waals surface area contributed by atoms with Crippen molar-refractivity contribution in [3.63, 3.8) is 0 Å². The molecule has 1 atom stereocenters. The molecule has 1 heterocycles. The Labute approximate surface area is 103 Å². The Kier molecular flexibility index (Phi) is 6.65. The molecule has 0 saturated heterocycles. The van der Waals surface area contributed by atoms with Gasteiger partial charge in [-0.05, 0) is 19.8 Å². The van der Waals surface area contributed by atoms with E-state index >= 15 is 0 Å². The lowest BCUT2D eigenvalue weighted by Crippen LogP contribution is -2.25. The number of unbranched alkanes of at least 4 members (excludes halogenated alkanes) is 2. The van der Waals surface area contributed by atoms with Gasteiger partial charge in [-0.1, -0.05) is 33.1 Å². The Balaban J connectivity index is 2.18. The smallest absolute Gasteiger partial charge is 0.107 e. The molecule has 1 rings (SSSR count). The first-order valence-electron chi connectivity index (χ1n) is 6.43. The van der Waals surface area contributed by atoms with Gasteiger partial charge >= 0.3 is 0 Å². The minimum absolute atomic E-state index is 0.612. The molecular formula is C13H24N2S. The number of nitrogens with zero attached hydrogens (tertiary/aromatic N) is 1. The molecule has 0 spiro atoms. The summed E-state index contributed by atoms with van der Waals surface area (Å²) in [7, 11) is 0. The predicted octanol–water partition coefficient (Wildman–Crippen LogP) is 3.76. The average Bonchev–Trinajstić information content (AvgIpc) is 2.74. The van der Waals surface area contributed by atoms with Crippen molar-refractivity contribution in [3.05, 3.63) is 16.1 Å². The molecule has 0 aromatic carbocycles. The van der Waals surface area contributed by atoms with Crippen molar-refractivity contribution in [1.82, 2.24) is 10.3 Å². The van der Waals surface area contributed by atoms with Crippen molar-refractivity contribution in [3.8, 4) is 0 Å². The highest BCUT2D eigenvalue weighted by atomic mass is 32.1. The molecule has 2 nitrogen and oxygen atoms in total. The highest BCUT2D eigenvalue weighted by Crippen LogP contribution is 2.13. The molecule has 0 amide bonds. The van der Waals surface area contributed by atoms with E-state index in [-0.39, 0.29) is 0 Å². The van der Waals surface area contributed by atoms with Crippen LogP contribution in [0.2, 0.25) is 0 Å². The van der Waals surface area contributed by atoms with Crippen molar-refractivity contribution in [1.29, 1.82) is 0 Å². The van der Waals surface area contributed by atoms with Gasteiger partial charge in [-0.2, -0.15) is 0 Å². The lowest BCUT2D eigenvalue weighted by molar-refractivity contribution is 0.486. The number of hydrogen-bond donors (Lipinski definition) is 1. The summed E-state index contributed by atoms with van der Waals surface area (Å²) in [6, 6.07) is 0.612. The second kappa shape index (κ2) is 7.80. The van der Waals surface area contributed by atoms with Gasteiger partial charge in [-0.3, -0.25) is 0 Å². The zero-order valence-electron chi connectivity index (χ0n) is 10.8. The molecule has 0 saturated carbocycles. The predicted molar refractivity (Wildman–Crippen MR) is 71.9 cm³/mol. The number of rotatable bonds is 8. The normalized spacial score (nSPS) is 12.9. The summed E-state index contributed by atoms with van der Waals surface area (Å²) < 4.78 is 0. The second-order valence-corrected chi connectivity index (χ2v) is 5.55. The number of aryl methyl sites for hydroxylation is 1. The lowest BCUT2D eigenvalue weighted by Gasteiger charge is -2.11. The van der Waals surface area contributed by atoms with Crippen molar-refractivity contribution in [2.24, 2.45) is 0 Å². The quantitative estimate of drug-likeness (QED) is 0.700. The van der Waals surface area contributed by atoms with Gasteiger partial charge in [0, 0.05) is 23.7 Å².